The van der Waals surface area contributed by atoms with Gasteiger partial charge < -0.3 is 15.7 Å². The molecule has 8 nitrogen and oxygen atoms in total. The molecular weight excluding hydrogens is 490 g/mol. The van der Waals surface area contributed by atoms with Gasteiger partial charge in [-0.05, 0) is 47.7 Å². The third-order valence-corrected chi connectivity index (χ3v) is 8.09. The number of rotatable bonds is 10. The standard InChI is InChI=1S/C25H28ClN3O5S/c1-2-15-27-24(32)28-21-8-6-7-20(17-21)19-11-9-18(10-12-19)16-22(23(30)31)29-35(33,34)25(26)13-4-3-5-14-25/h3-13,17,22,29H,2,14-16H2,1H3,(H,30,31)(H2,27,28,32)/t22-,25+/m1/s1. The maximum atomic E-state index is 12.8. The first-order valence-electron chi connectivity index (χ1n) is 11.2. The Labute approximate surface area is 210 Å². The molecule has 2 atom stereocenters. The van der Waals surface area contributed by atoms with Crippen LogP contribution in [0, 0.1) is 0 Å². The van der Waals surface area contributed by atoms with Crippen LogP contribution in [0.3, 0.4) is 0 Å². The minimum atomic E-state index is -4.16. The second kappa shape index (κ2) is 11.5. The van der Waals surface area contributed by atoms with Crippen molar-refractivity contribution in [2.45, 2.75) is 36.4 Å². The van der Waals surface area contributed by atoms with Gasteiger partial charge in [-0.25, -0.2) is 13.2 Å². The minimum Gasteiger partial charge on any atom is -0.480 e. The van der Waals surface area contributed by atoms with Crippen LogP contribution in [0.1, 0.15) is 25.3 Å². The van der Waals surface area contributed by atoms with Crippen LogP contribution in [0.5, 0.6) is 0 Å². The number of halogens is 1. The zero-order valence-electron chi connectivity index (χ0n) is 19.2. The number of hydrogen-bond acceptors (Lipinski definition) is 4. The Morgan fingerprint density at radius 2 is 1.86 bits per heavy atom. The fourth-order valence-corrected chi connectivity index (χ4v) is 5.12. The van der Waals surface area contributed by atoms with E-state index >= 15 is 0 Å². The topological polar surface area (TPSA) is 125 Å². The SMILES string of the molecule is CCCNC(=O)Nc1cccc(-c2ccc(C[C@@H](NS(=O)(=O)[C@@]3(Cl)C=CC=CC3)C(=O)O)cc2)c1. The molecule has 0 fully saturated rings. The molecule has 3 rings (SSSR count). The molecule has 0 aromatic heterocycles. The van der Waals surface area contributed by atoms with E-state index in [4.69, 9.17) is 11.6 Å². The highest BCUT2D eigenvalue weighted by Gasteiger charge is 2.41. The number of urea groups is 1. The number of sulfonamides is 1. The van der Waals surface area contributed by atoms with E-state index in [1.54, 1.807) is 30.4 Å². The number of aliphatic carboxylic acids is 1. The van der Waals surface area contributed by atoms with Crippen molar-refractivity contribution in [3.63, 3.8) is 0 Å². The molecule has 4 N–H and O–H groups in total. The number of hydrogen-bond donors (Lipinski definition) is 4. The number of carbonyl (C=O) groups excluding carboxylic acids is 1. The van der Waals surface area contributed by atoms with Gasteiger partial charge in [0.2, 0.25) is 10.0 Å². The summed E-state index contributed by atoms with van der Waals surface area (Å²) in [6.45, 7) is 2.55. The first-order chi connectivity index (χ1) is 16.6. The Morgan fingerprint density at radius 3 is 2.49 bits per heavy atom. The monoisotopic (exact) mass is 517 g/mol. The number of carboxylic acid groups (broad SMARTS) is 1. The highest BCUT2D eigenvalue weighted by Crippen LogP contribution is 2.31. The Hall–Kier alpha value is -3.14. The number of amides is 2. The molecule has 10 heteroatoms. The van der Waals surface area contributed by atoms with Crippen molar-refractivity contribution >= 4 is 39.3 Å². The average molecular weight is 518 g/mol. The van der Waals surface area contributed by atoms with Crippen molar-refractivity contribution in [1.82, 2.24) is 10.0 Å². The number of nitrogens with one attached hydrogen (secondary N) is 3. The summed E-state index contributed by atoms with van der Waals surface area (Å²) in [5.41, 5.74) is 3.00. The van der Waals surface area contributed by atoms with Gasteiger partial charge in [0, 0.05) is 18.7 Å². The van der Waals surface area contributed by atoms with Crippen LogP contribution < -0.4 is 15.4 Å². The lowest BCUT2D eigenvalue weighted by molar-refractivity contribution is -0.138. The normalized spacial score (nSPS) is 18.1. The molecular formula is C25H28ClN3O5S. The summed E-state index contributed by atoms with van der Waals surface area (Å²) in [6, 6.07) is 12.8. The third-order valence-electron chi connectivity index (χ3n) is 5.41. The predicted molar refractivity (Wildman–Crippen MR) is 138 cm³/mol. The van der Waals surface area contributed by atoms with Crippen LogP contribution in [0.4, 0.5) is 10.5 Å². The Balaban J connectivity index is 1.70. The van der Waals surface area contributed by atoms with E-state index < -0.39 is 26.2 Å². The fourth-order valence-electron chi connectivity index (χ4n) is 3.50. The Bertz CT molecular complexity index is 1230. The summed E-state index contributed by atoms with van der Waals surface area (Å²) in [7, 11) is -4.16. The number of carboxylic acids is 1. The zero-order chi connectivity index (χ0) is 25.5. The fraction of sp³-hybridized carbons (Fsp3) is 0.280. The molecule has 0 radical (unpaired) electrons. The molecule has 0 spiro atoms. The average Bonchev–Trinajstić information content (AvgIpc) is 2.83. The van der Waals surface area contributed by atoms with E-state index in [0.717, 1.165) is 17.5 Å². The van der Waals surface area contributed by atoms with E-state index in [1.807, 2.05) is 37.3 Å². The number of anilines is 1. The van der Waals surface area contributed by atoms with Gasteiger partial charge >= 0.3 is 12.0 Å². The molecule has 0 bridgehead atoms. The van der Waals surface area contributed by atoms with Gasteiger partial charge in [0.25, 0.3) is 0 Å². The molecule has 2 amide bonds. The second-order valence-electron chi connectivity index (χ2n) is 8.15. The predicted octanol–water partition coefficient (Wildman–Crippen LogP) is 4.25. The van der Waals surface area contributed by atoms with Crippen LogP contribution in [0.2, 0.25) is 0 Å². The molecule has 2 aromatic carbocycles. The van der Waals surface area contributed by atoms with Gasteiger partial charge in [-0.1, -0.05) is 73.2 Å². The summed E-state index contributed by atoms with van der Waals surface area (Å²) in [4.78, 5) is 23.7. The van der Waals surface area contributed by atoms with Gasteiger partial charge in [0.15, 0.2) is 4.21 Å². The Morgan fingerprint density at radius 1 is 1.11 bits per heavy atom. The molecule has 2 aromatic rings. The van der Waals surface area contributed by atoms with Crippen molar-refractivity contribution in [2.24, 2.45) is 0 Å². The second-order valence-corrected chi connectivity index (χ2v) is 11.0. The van der Waals surface area contributed by atoms with Crippen molar-refractivity contribution in [3.8, 4) is 11.1 Å². The van der Waals surface area contributed by atoms with E-state index in [0.29, 0.717) is 17.8 Å². The number of benzene rings is 2. The molecule has 0 saturated heterocycles. The molecule has 1 aliphatic rings. The number of alkyl halides is 1. The maximum absolute atomic E-state index is 12.8. The van der Waals surface area contributed by atoms with Crippen molar-refractivity contribution in [3.05, 3.63) is 78.4 Å². The number of allylic oxidation sites excluding steroid dienone is 3. The first kappa shape index (κ1) is 26.5. The highest BCUT2D eigenvalue weighted by atomic mass is 35.5. The maximum Gasteiger partial charge on any atom is 0.322 e. The van der Waals surface area contributed by atoms with Crippen LogP contribution in [-0.2, 0) is 21.2 Å². The lowest BCUT2D eigenvalue weighted by Crippen LogP contribution is -2.49. The van der Waals surface area contributed by atoms with Crippen molar-refractivity contribution < 1.29 is 23.1 Å². The molecule has 0 unspecified atom stereocenters. The largest absolute Gasteiger partial charge is 0.480 e. The van der Waals surface area contributed by atoms with Crippen LogP contribution >= 0.6 is 11.6 Å². The van der Waals surface area contributed by atoms with Gasteiger partial charge in [-0.15, -0.1) is 0 Å². The van der Waals surface area contributed by atoms with Crippen LogP contribution in [0.15, 0.2) is 72.8 Å². The van der Waals surface area contributed by atoms with Gasteiger partial charge in [0.1, 0.15) is 6.04 Å². The van der Waals surface area contributed by atoms with E-state index in [2.05, 4.69) is 15.4 Å². The lowest BCUT2D eigenvalue weighted by atomic mass is 10.0. The first-order valence-corrected chi connectivity index (χ1v) is 13.0. The molecule has 0 heterocycles. The van der Waals surface area contributed by atoms with Gasteiger partial charge in [0.05, 0.1) is 0 Å². The zero-order valence-corrected chi connectivity index (χ0v) is 20.8. The summed E-state index contributed by atoms with van der Waals surface area (Å²) in [5.74, 6) is -1.30. The molecule has 0 saturated carbocycles. The van der Waals surface area contributed by atoms with Crippen LogP contribution in [0.25, 0.3) is 11.1 Å². The van der Waals surface area contributed by atoms with E-state index in [9.17, 15) is 23.1 Å². The minimum absolute atomic E-state index is 0.0373. The summed E-state index contributed by atoms with van der Waals surface area (Å²) < 4.78 is 26.1. The highest BCUT2D eigenvalue weighted by molar-refractivity contribution is 7.92. The molecule has 186 valence electrons. The van der Waals surface area contributed by atoms with E-state index in [1.165, 1.54) is 12.2 Å². The summed E-state index contributed by atoms with van der Waals surface area (Å²) >= 11 is 6.26. The van der Waals surface area contributed by atoms with Gasteiger partial charge in [-0.2, -0.15) is 4.72 Å². The number of carbonyl (C=O) groups is 2. The smallest absolute Gasteiger partial charge is 0.322 e. The summed E-state index contributed by atoms with van der Waals surface area (Å²) in [5, 5.41) is 15.2. The van der Waals surface area contributed by atoms with Crippen molar-refractivity contribution in [2.75, 3.05) is 11.9 Å². The van der Waals surface area contributed by atoms with E-state index in [-0.39, 0.29) is 18.9 Å². The summed E-state index contributed by atoms with van der Waals surface area (Å²) in [6.07, 6.45) is 6.97. The molecule has 1 aliphatic carbocycles. The quantitative estimate of drug-likeness (QED) is 0.351. The molecule has 0 aliphatic heterocycles. The van der Waals surface area contributed by atoms with Gasteiger partial charge in [-0.3, -0.25) is 4.79 Å². The van der Waals surface area contributed by atoms with Crippen molar-refractivity contribution in [1.29, 1.82) is 0 Å². The Kier molecular flexibility index (Phi) is 8.71. The van der Waals surface area contributed by atoms with Crippen LogP contribution in [-0.4, -0.2) is 42.3 Å². The third kappa shape index (κ3) is 6.94. The lowest BCUT2D eigenvalue weighted by Gasteiger charge is -2.26. The molecule has 35 heavy (non-hydrogen) atoms.